The Bertz CT molecular complexity index is 653. The highest BCUT2D eigenvalue weighted by atomic mass is 35.5. The maximum absolute atomic E-state index is 12.5. The molecule has 118 valence electrons. The van der Waals surface area contributed by atoms with E-state index in [1.807, 2.05) is 26.8 Å². The molecule has 0 bridgehead atoms. The van der Waals surface area contributed by atoms with Crippen molar-refractivity contribution in [2.24, 2.45) is 0 Å². The van der Waals surface area contributed by atoms with E-state index in [2.05, 4.69) is 5.32 Å². The van der Waals surface area contributed by atoms with Crippen LogP contribution in [0.15, 0.2) is 18.2 Å². The van der Waals surface area contributed by atoms with Crippen LogP contribution in [0.4, 0.5) is 10.5 Å². The summed E-state index contributed by atoms with van der Waals surface area (Å²) in [6.07, 6.45) is 0.193. The summed E-state index contributed by atoms with van der Waals surface area (Å²) in [7, 11) is 0. The van der Waals surface area contributed by atoms with Crippen LogP contribution < -0.4 is 5.32 Å². The van der Waals surface area contributed by atoms with Crippen molar-refractivity contribution < 1.29 is 14.3 Å². The maximum Gasteiger partial charge on any atom is 0.410 e. The lowest BCUT2D eigenvalue weighted by molar-refractivity contribution is -0.120. The van der Waals surface area contributed by atoms with Crippen LogP contribution >= 0.6 is 11.6 Å². The van der Waals surface area contributed by atoms with E-state index in [1.54, 1.807) is 17.0 Å². The molecule has 1 atom stereocenters. The third-order valence-corrected chi connectivity index (χ3v) is 4.34. The Kier molecular flexibility index (Phi) is 3.36. The average Bonchev–Trinajstić information content (AvgIpc) is 2.94. The molecule has 1 spiro atoms. The second-order valence-electron chi connectivity index (χ2n) is 6.88. The minimum absolute atomic E-state index is 0.0733. The first-order valence-electron chi connectivity index (χ1n) is 7.31. The summed E-state index contributed by atoms with van der Waals surface area (Å²) in [5.41, 5.74) is 0.389. The smallest absolute Gasteiger partial charge is 0.410 e. The number of rotatable bonds is 0. The lowest BCUT2D eigenvalue weighted by Gasteiger charge is -2.26. The minimum atomic E-state index is -0.711. The largest absolute Gasteiger partial charge is 0.444 e. The molecule has 2 aliphatic heterocycles. The van der Waals surface area contributed by atoms with Crippen LogP contribution in [-0.2, 0) is 14.9 Å². The van der Waals surface area contributed by atoms with E-state index in [9.17, 15) is 9.59 Å². The van der Waals surface area contributed by atoms with E-state index >= 15 is 0 Å². The van der Waals surface area contributed by atoms with E-state index in [0.29, 0.717) is 24.5 Å². The Hall–Kier alpha value is -1.75. The predicted octanol–water partition coefficient (Wildman–Crippen LogP) is 3.17. The Morgan fingerprint density at radius 1 is 1.41 bits per heavy atom. The van der Waals surface area contributed by atoms with Crippen molar-refractivity contribution in [2.45, 2.75) is 38.2 Å². The average molecular weight is 323 g/mol. The highest BCUT2D eigenvalue weighted by Crippen LogP contribution is 2.45. The van der Waals surface area contributed by atoms with Crippen LogP contribution in [0.2, 0.25) is 5.02 Å². The molecule has 6 heteroatoms. The number of likely N-dealkylation sites (tertiary alicyclic amines) is 1. The lowest BCUT2D eigenvalue weighted by atomic mass is 9.81. The van der Waals surface area contributed by atoms with E-state index in [0.717, 1.165) is 11.3 Å². The summed E-state index contributed by atoms with van der Waals surface area (Å²) in [4.78, 5) is 26.3. The van der Waals surface area contributed by atoms with Crippen molar-refractivity contribution in [3.8, 4) is 0 Å². The molecule has 22 heavy (non-hydrogen) atoms. The molecular weight excluding hydrogens is 304 g/mol. The number of nitrogens with zero attached hydrogens (tertiary/aromatic N) is 1. The Labute approximate surface area is 134 Å². The van der Waals surface area contributed by atoms with Crippen molar-refractivity contribution >= 4 is 29.3 Å². The number of carbonyl (C=O) groups is 2. The number of amides is 2. The SMILES string of the molecule is CC(C)(C)OC(=O)N1CC[C@@]2(C1)C(=O)Nc1ccc(Cl)cc12. The normalized spacial score (nSPS) is 23.6. The molecule has 0 aliphatic carbocycles. The van der Waals surface area contributed by atoms with E-state index in [4.69, 9.17) is 16.3 Å². The highest BCUT2D eigenvalue weighted by molar-refractivity contribution is 6.31. The molecular formula is C16H19ClN2O3. The number of nitrogens with one attached hydrogen (secondary N) is 1. The Morgan fingerprint density at radius 2 is 2.14 bits per heavy atom. The number of anilines is 1. The first-order valence-corrected chi connectivity index (χ1v) is 7.68. The van der Waals surface area contributed by atoms with Gasteiger partial charge in [-0.25, -0.2) is 4.79 Å². The fraction of sp³-hybridized carbons (Fsp3) is 0.500. The Morgan fingerprint density at radius 3 is 2.82 bits per heavy atom. The number of carbonyl (C=O) groups excluding carboxylic acids is 2. The van der Waals surface area contributed by atoms with Crippen LogP contribution in [-0.4, -0.2) is 35.6 Å². The van der Waals surface area contributed by atoms with Crippen molar-refractivity contribution in [1.82, 2.24) is 4.90 Å². The number of hydrogen-bond donors (Lipinski definition) is 1. The molecule has 2 heterocycles. The number of ether oxygens (including phenoxy) is 1. The number of benzene rings is 1. The lowest BCUT2D eigenvalue weighted by Crippen LogP contribution is -2.41. The van der Waals surface area contributed by atoms with Crippen molar-refractivity contribution in [3.05, 3.63) is 28.8 Å². The number of hydrogen-bond acceptors (Lipinski definition) is 3. The summed E-state index contributed by atoms with van der Waals surface area (Å²) in [6, 6.07) is 5.37. The molecule has 2 aliphatic rings. The number of halogens is 1. The van der Waals surface area contributed by atoms with Crippen LogP contribution in [0.1, 0.15) is 32.8 Å². The summed E-state index contributed by atoms with van der Waals surface area (Å²) in [5, 5.41) is 3.48. The van der Waals surface area contributed by atoms with Gasteiger partial charge in [-0.3, -0.25) is 4.79 Å². The standard InChI is InChI=1S/C16H19ClN2O3/c1-15(2,3)22-14(21)19-7-6-16(9-19)11-8-10(17)4-5-12(11)18-13(16)20/h4-5,8H,6-7,9H2,1-3H3,(H,18,20)/t16-/m0/s1. The van der Waals surface area contributed by atoms with Crippen molar-refractivity contribution in [3.63, 3.8) is 0 Å². The van der Waals surface area contributed by atoms with E-state index in [1.165, 1.54) is 0 Å². The zero-order chi connectivity index (χ0) is 16.1. The first-order chi connectivity index (χ1) is 10.2. The molecule has 5 nitrogen and oxygen atoms in total. The van der Waals surface area contributed by atoms with Gasteiger partial charge in [-0.2, -0.15) is 0 Å². The topological polar surface area (TPSA) is 58.6 Å². The van der Waals surface area contributed by atoms with Crippen LogP contribution in [0, 0.1) is 0 Å². The zero-order valence-corrected chi connectivity index (χ0v) is 13.7. The molecule has 1 fully saturated rings. The van der Waals surface area contributed by atoms with Gasteiger partial charge < -0.3 is 15.0 Å². The van der Waals surface area contributed by atoms with Gasteiger partial charge in [0.15, 0.2) is 0 Å². The van der Waals surface area contributed by atoms with Gasteiger partial charge in [-0.1, -0.05) is 11.6 Å². The second-order valence-corrected chi connectivity index (χ2v) is 7.31. The molecule has 3 rings (SSSR count). The van der Waals surface area contributed by atoms with Gasteiger partial charge in [0.05, 0.1) is 5.41 Å². The fourth-order valence-corrected chi connectivity index (χ4v) is 3.26. The molecule has 1 aromatic carbocycles. The van der Waals surface area contributed by atoms with E-state index in [-0.39, 0.29) is 12.0 Å². The second kappa shape index (κ2) is 4.88. The summed E-state index contributed by atoms with van der Waals surface area (Å²) in [6.45, 7) is 6.30. The van der Waals surface area contributed by atoms with E-state index < -0.39 is 11.0 Å². The molecule has 0 unspecified atom stereocenters. The predicted molar refractivity (Wildman–Crippen MR) is 84.2 cm³/mol. The molecule has 0 radical (unpaired) electrons. The fourth-order valence-electron chi connectivity index (χ4n) is 3.08. The molecule has 1 saturated heterocycles. The Balaban J connectivity index is 1.87. The molecule has 1 aromatic rings. The van der Waals surface area contributed by atoms with Gasteiger partial charge in [0.2, 0.25) is 5.91 Å². The van der Waals surface area contributed by atoms with Crippen molar-refractivity contribution in [2.75, 3.05) is 18.4 Å². The number of fused-ring (bicyclic) bond motifs is 2. The van der Waals surface area contributed by atoms with Gasteiger partial charge in [-0.05, 0) is 51.0 Å². The van der Waals surface area contributed by atoms with Crippen LogP contribution in [0.5, 0.6) is 0 Å². The van der Waals surface area contributed by atoms with Gasteiger partial charge in [0.1, 0.15) is 5.60 Å². The zero-order valence-electron chi connectivity index (χ0n) is 12.9. The quantitative estimate of drug-likeness (QED) is 0.798. The van der Waals surface area contributed by atoms with Crippen LogP contribution in [0.3, 0.4) is 0 Å². The van der Waals surface area contributed by atoms with Gasteiger partial charge in [0, 0.05) is 23.8 Å². The van der Waals surface area contributed by atoms with Crippen LogP contribution in [0.25, 0.3) is 0 Å². The summed E-state index contributed by atoms with van der Waals surface area (Å²) in [5.74, 6) is -0.0733. The highest BCUT2D eigenvalue weighted by Gasteiger charge is 2.52. The summed E-state index contributed by atoms with van der Waals surface area (Å²) >= 11 is 6.07. The minimum Gasteiger partial charge on any atom is -0.444 e. The maximum atomic E-state index is 12.5. The van der Waals surface area contributed by atoms with Gasteiger partial charge >= 0.3 is 6.09 Å². The summed E-state index contributed by atoms with van der Waals surface area (Å²) < 4.78 is 5.40. The monoisotopic (exact) mass is 322 g/mol. The van der Waals surface area contributed by atoms with Gasteiger partial charge in [-0.15, -0.1) is 0 Å². The van der Waals surface area contributed by atoms with Crippen molar-refractivity contribution in [1.29, 1.82) is 0 Å². The molecule has 2 amide bonds. The molecule has 0 aromatic heterocycles. The van der Waals surface area contributed by atoms with Gasteiger partial charge in [0.25, 0.3) is 0 Å². The first kappa shape index (κ1) is 15.2. The molecule has 0 saturated carbocycles. The molecule has 1 N–H and O–H groups in total. The third kappa shape index (κ3) is 2.43. The third-order valence-electron chi connectivity index (χ3n) is 4.10.